The number of benzene rings is 2. The molecule has 3 aromatic rings. The summed E-state index contributed by atoms with van der Waals surface area (Å²) in [6, 6.07) is 18.7. The largest absolute Gasteiger partial charge is 0.452 e. The van der Waals surface area contributed by atoms with Gasteiger partial charge in [-0.15, -0.1) is 0 Å². The molecule has 0 bridgehead atoms. The Kier molecular flexibility index (Phi) is 5.88. The smallest absolute Gasteiger partial charge is 0.343 e. The summed E-state index contributed by atoms with van der Waals surface area (Å²) >= 11 is 6.31. The lowest BCUT2D eigenvalue weighted by Crippen LogP contribution is -2.28. The van der Waals surface area contributed by atoms with Crippen LogP contribution in [0.25, 0.3) is 5.69 Å². The van der Waals surface area contributed by atoms with Crippen LogP contribution in [0.15, 0.2) is 60.7 Å². The number of ether oxygens (including phenoxy) is 1. The molecular formula is C20H18ClN3O3. The van der Waals surface area contributed by atoms with E-state index in [-0.39, 0.29) is 10.7 Å². The predicted octanol–water partition coefficient (Wildman–Crippen LogP) is 3.31. The molecule has 3 rings (SSSR count). The van der Waals surface area contributed by atoms with E-state index in [1.807, 2.05) is 60.7 Å². The van der Waals surface area contributed by atoms with Crippen molar-refractivity contribution in [3.63, 3.8) is 0 Å². The van der Waals surface area contributed by atoms with Gasteiger partial charge in [0.05, 0.1) is 11.4 Å². The fraction of sp³-hybridized carbons (Fsp3) is 0.150. The van der Waals surface area contributed by atoms with Crippen molar-refractivity contribution in [2.75, 3.05) is 6.61 Å². The van der Waals surface area contributed by atoms with E-state index in [2.05, 4.69) is 10.4 Å². The fourth-order valence-corrected chi connectivity index (χ4v) is 2.87. The number of carbonyl (C=O) groups is 2. The summed E-state index contributed by atoms with van der Waals surface area (Å²) in [6.07, 6.45) is 0. The third kappa shape index (κ3) is 4.54. The van der Waals surface area contributed by atoms with E-state index in [0.717, 1.165) is 11.3 Å². The molecule has 1 N–H and O–H groups in total. The minimum atomic E-state index is -0.686. The highest BCUT2D eigenvalue weighted by Crippen LogP contribution is 2.24. The Hall–Kier alpha value is -3.12. The van der Waals surface area contributed by atoms with E-state index in [0.29, 0.717) is 12.2 Å². The van der Waals surface area contributed by atoms with Crippen LogP contribution in [0.2, 0.25) is 5.15 Å². The lowest BCUT2D eigenvalue weighted by Gasteiger charge is -2.07. The van der Waals surface area contributed by atoms with Crippen LogP contribution in [0.4, 0.5) is 0 Å². The number of esters is 1. The first-order valence-electron chi connectivity index (χ1n) is 8.34. The quantitative estimate of drug-likeness (QED) is 0.663. The van der Waals surface area contributed by atoms with Gasteiger partial charge in [-0.2, -0.15) is 5.10 Å². The Balaban J connectivity index is 1.61. The molecule has 27 heavy (non-hydrogen) atoms. The van der Waals surface area contributed by atoms with Crippen LogP contribution in [0.3, 0.4) is 0 Å². The Bertz CT molecular complexity index is 940. The Morgan fingerprint density at radius 2 is 1.70 bits per heavy atom. The van der Waals surface area contributed by atoms with Crippen LogP contribution in [-0.4, -0.2) is 28.3 Å². The third-order valence-electron chi connectivity index (χ3n) is 3.88. The lowest BCUT2D eigenvalue weighted by atomic mass is 10.2. The van der Waals surface area contributed by atoms with Gasteiger partial charge in [-0.05, 0) is 24.6 Å². The average Bonchev–Trinajstić information content (AvgIpc) is 3.00. The van der Waals surface area contributed by atoms with Crippen molar-refractivity contribution in [3.8, 4) is 5.69 Å². The fourth-order valence-electron chi connectivity index (χ4n) is 2.52. The number of rotatable bonds is 6. The number of amides is 1. The summed E-state index contributed by atoms with van der Waals surface area (Å²) in [5, 5.41) is 7.13. The number of aryl methyl sites for hydroxylation is 1. The molecule has 7 heteroatoms. The highest BCUT2D eigenvalue weighted by Gasteiger charge is 2.23. The van der Waals surface area contributed by atoms with E-state index in [1.54, 1.807) is 6.92 Å². The third-order valence-corrected chi connectivity index (χ3v) is 4.22. The average molecular weight is 384 g/mol. The molecule has 0 saturated heterocycles. The number of nitrogens with one attached hydrogen (secondary N) is 1. The molecule has 0 fully saturated rings. The van der Waals surface area contributed by atoms with Crippen molar-refractivity contribution < 1.29 is 14.3 Å². The van der Waals surface area contributed by atoms with Crippen molar-refractivity contribution in [1.82, 2.24) is 15.1 Å². The maximum Gasteiger partial charge on any atom is 0.343 e. The van der Waals surface area contributed by atoms with Crippen LogP contribution in [0.1, 0.15) is 21.6 Å². The first-order valence-corrected chi connectivity index (χ1v) is 8.72. The number of aromatic nitrogens is 2. The van der Waals surface area contributed by atoms with Crippen molar-refractivity contribution in [2.45, 2.75) is 13.5 Å². The molecule has 0 unspecified atom stereocenters. The number of hydrogen-bond donors (Lipinski definition) is 1. The van der Waals surface area contributed by atoms with Crippen LogP contribution >= 0.6 is 11.6 Å². The standard InChI is InChI=1S/C20H18ClN3O3/c1-14-18(19(21)24(23-14)16-10-6-3-7-11-16)20(26)27-13-17(25)22-12-15-8-4-2-5-9-15/h2-11H,12-13H2,1H3,(H,22,25). The van der Waals surface area contributed by atoms with Gasteiger partial charge in [0.1, 0.15) is 10.7 Å². The van der Waals surface area contributed by atoms with Crippen LogP contribution in [0, 0.1) is 6.92 Å². The number of carbonyl (C=O) groups excluding carboxylic acids is 2. The monoisotopic (exact) mass is 383 g/mol. The number of hydrogen-bond acceptors (Lipinski definition) is 4. The number of nitrogens with zero attached hydrogens (tertiary/aromatic N) is 2. The second kappa shape index (κ2) is 8.51. The van der Waals surface area contributed by atoms with Gasteiger partial charge in [0, 0.05) is 6.54 Å². The van der Waals surface area contributed by atoms with Gasteiger partial charge < -0.3 is 10.1 Å². The van der Waals surface area contributed by atoms with Crippen molar-refractivity contribution in [1.29, 1.82) is 0 Å². The summed E-state index contributed by atoms with van der Waals surface area (Å²) in [4.78, 5) is 24.3. The van der Waals surface area contributed by atoms with Gasteiger partial charge in [-0.25, -0.2) is 9.48 Å². The van der Waals surface area contributed by atoms with E-state index in [9.17, 15) is 9.59 Å². The zero-order valence-corrected chi connectivity index (χ0v) is 15.4. The molecule has 138 valence electrons. The van der Waals surface area contributed by atoms with E-state index in [4.69, 9.17) is 16.3 Å². The molecule has 0 saturated carbocycles. The van der Waals surface area contributed by atoms with Gasteiger partial charge in [-0.1, -0.05) is 60.1 Å². The van der Waals surface area contributed by atoms with E-state index < -0.39 is 18.5 Å². The van der Waals surface area contributed by atoms with Crippen LogP contribution < -0.4 is 5.32 Å². The normalized spacial score (nSPS) is 10.4. The molecule has 0 atom stereocenters. The second-order valence-electron chi connectivity index (χ2n) is 5.84. The Morgan fingerprint density at radius 3 is 2.37 bits per heavy atom. The molecule has 0 radical (unpaired) electrons. The summed E-state index contributed by atoms with van der Waals surface area (Å²) in [5.74, 6) is -1.08. The zero-order valence-electron chi connectivity index (χ0n) is 14.7. The molecule has 0 aliphatic carbocycles. The van der Waals surface area contributed by atoms with Crippen LogP contribution in [0.5, 0.6) is 0 Å². The summed E-state index contributed by atoms with van der Waals surface area (Å²) < 4.78 is 6.56. The van der Waals surface area contributed by atoms with E-state index in [1.165, 1.54) is 4.68 Å². The molecule has 0 aliphatic heterocycles. The molecular weight excluding hydrogens is 366 g/mol. The number of para-hydroxylation sites is 1. The minimum Gasteiger partial charge on any atom is -0.452 e. The summed E-state index contributed by atoms with van der Waals surface area (Å²) in [6.45, 7) is 1.64. The minimum absolute atomic E-state index is 0.147. The van der Waals surface area contributed by atoms with Gasteiger partial charge in [0.15, 0.2) is 6.61 Å². The maximum absolute atomic E-state index is 12.4. The highest BCUT2D eigenvalue weighted by atomic mass is 35.5. The first-order chi connectivity index (χ1) is 13.1. The van der Waals surface area contributed by atoms with Crippen LogP contribution in [-0.2, 0) is 16.1 Å². The SMILES string of the molecule is Cc1nn(-c2ccccc2)c(Cl)c1C(=O)OCC(=O)NCc1ccccc1. The second-order valence-corrected chi connectivity index (χ2v) is 6.20. The summed E-state index contributed by atoms with van der Waals surface area (Å²) in [5.41, 5.74) is 2.26. The summed E-state index contributed by atoms with van der Waals surface area (Å²) in [7, 11) is 0. The molecule has 2 aromatic carbocycles. The van der Waals surface area contributed by atoms with Crippen molar-refractivity contribution in [2.24, 2.45) is 0 Å². The Labute approximate surface area is 161 Å². The number of halogens is 1. The lowest BCUT2D eigenvalue weighted by molar-refractivity contribution is -0.124. The highest BCUT2D eigenvalue weighted by molar-refractivity contribution is 6.33. The van der Waals surface area contributed by atoms with Gasteiger partial charge in [-0.3, -0.25) is 4.79 Å². The molecule has 1 aromatic heterocycles. The molecule has 0 aliphatic rings. The predicted molar refractivity (Wildman–Crippen MR) is 102 cm³/mol. The van der Waals surface area contributed by atoms with Gasteiger partial charge in [0.2, 0.25) is 0 Å². The first kappa shape index (κ1) is 18.7. The molecule has 0 spiro atoms. The van der Waals surface area contributed by atoms with Crippen molar-refractivity contribution in [3.05, 3.63) is 82.6 Å². The van der Waals surface area contributed by atoms with Gasteiger partial charge in [0.25, 0.3) is 5.91 Å². The van der Waals surface area contributed by atoms with E-state index >= 15 is 0 Å². The molecule has 1 heterocycles. The molecule has 6 nitrogen and oxygen atoms in total. The topological polar surface area (TPSA) is 73.2 Å². The Morgan fingerprint density at radius 1 is 1.07 bits per heavy atom. The maximum atomic E-state index is 12.4. The van der Waals surface area contributed by atoms with Crippen molar-refractivity contribution >= 4 is 23.5 Å². The van der Waals surface area contributed by atoms with Gasteiger partial charge >= 0.3 is 5.97 Å². The zero-order chi connectivity index (χ0) is 19.2. The molecule has 1 amide bonds.